The summed E-state index contributed by atoms with van der Waals surface area (Å²) in [5.41, 5.74) is 0.879. The summed E-state index contributed by atoms with van der Waals surface area (Å²) in [6.45, 7) is 7.53. The number of carbonyl (C=O) groups excluding carboxylic acids is 1. The van der Waals surface area contributed by atoms with Crippen LogP contribution in [0.4, 0.5) is 5.82 Å². The van der Waals surface area contributed by atoms with Crippen LogP contribution >= 0.6 is 22.9 Å². The largest absolute Gasteiger partial charge is 0.459 e. The maximum atomic E-state index is 12.3. The third-order valence-corrected chi connectivity index (χ3v) is 5.01. The topological polar surface area (TPSA) is 55.3 Å². The fraction of sp³-hybridized carbons (Fsp3) is 0.533. The van der Waals surface area contributed by atoms with Crippen LogP contribution in [0.2, 0.25) is 5.28 Å². The van der Waals surface area contributed by atoms with E-state index in [4.69, 9.17) is 16.3 Å². The lowest BCUT2D eigenvalue weighted by molar-refractivity contribution is 0.0383. The Morgan fingerprint density at radius 1 is 1.32 bits per heavy atom. The number of nitrogens with zero attached hydrogens (tertiary/aromatic N) is 3. The first-order valence-corrected chi connectivity index (χ1v) is 8.59. The van der Waals surface area contributed by atoms with Gasteiger partial charge in [0.15, 0.2) is 0 Å². The SMILES string of the molecule is Cc1c(C(=O)OC(C)C)sc2nc(Cl)nc(N3CCCC3)c12. The van der Waals surface area contributed by atoms with Gasteiger partial charge in [-0.25, -0.2) is 9.78 Å². The summed E-state index contributed by atoms with van der Waals surface area (Å²) in [6.07, 6.45) is 2.15. The second kappa shape index (κ2) is 6.01. The van der Waals surface area contributed by atoms with Crippen LogP contribution in [0.1, 0.15) is 41.9 Å². The molecule has 0 bridgehead atoms. The van der Waals surface area contributed by atoms with Crippen LogP contribution in [0.25, 0.3) is 10.2 Å². The average molecular weight is 340 g/mol. The zero-order valence-electron chi connectivity index (χ0n) is 12.9. The maximum Gasteiger partial charge on any atom is 0.348 e. The molecule has 0 aliphatic carbocycles. The monoisotopic (exact) mass is 339 g/mol. The molecule has 118 valence electrons. The lowest BCUT2D eigenvalue weighted by Gasteiger charge is -2.17. The molecule has 0 aromatic carbocycles. The molecular weight excluding hydrogens is 322 g/mol. The molecule has 0 N–H and O–H groups in total. The first kappa shape index (κ1) is 15.5. The summed E-state index contributed by atoms with van der Waals surface area (Å²) in [6, 6.07) is 0. The summed E-state index contributed by atoms with van der Waals surface area (Å²) in [5, 5.41) is 1.14. The highest BCUT2D eigenvalue weighted by molar-refractivity contribution is 7.20. The number of esters is 1. The smallest absolute Gasteiger partial charge is 0.348 e. The molecule has 0 amide bonds. The lowest BCUT2D eigenvalue weighted by atomic mass is 10.2. The third-order valence-electron chi connectivity index (χ3n) is 3.68. The summed E-state index contributed by atoms with van der Waals surface area (Å²) >= 11 is 7.39. The van der Waals surface area contributed by atoms with E-state index in [-0.39, 0.29) is 17.4 Å². The quantitative estimate of drug-likeness (QED) is 0.628. The van der Waals surface area contributed by atoms with Gasteiger partial charge in [-0.3, -0.25) is 0 Å². The molecule has 3 heterocycles. The van der Waals surface area contributed by atoms with Crippen LogP contribution in [-0.2, 0) is 4.74 Å². The van der Waals surface area contributed by atoms with E-state index in [1.165, 1.54) is 11.3 Å². The Kier molecular flexibility index (Phi) is 4.23. The fourth-order valence-corrected chi connectivity index (χ4v) is 3.99. The molecule has 1 saturated heterocycles. The van der Waals surface area contributed by atoms with Crippen LogP contribution in [0.15, 0.2) is 0 Å². The Hall–Kier alpha value is -1.40. The van der Waals surface area contributed by atoms with E-state index in [0.717, 1.165) is 47.5 Å². The number of ether oxygens (including phenoxy) is 1. The van der Waals surface area contributed by atoms with Gasteiger partial charge < -0.3 is 9.64 Å². The summed E-state index contributed by atoms with van der Waals surface area (Å²) in [5.74, 6) is 0.531. The van der Waals surface area contributed by atoms with Gasteiger partial charge in [-0.1, -0.05) is 0 Å². The van der Waals surface area contributed by atoms with Gasteiger partial charge in [0.2, 0.25) is 5.28 Å². The van der Waals surface area contributed by atoms with Gasteiger partial charge in [0.25, 0.3) is 0 Å². The molecule has 0 atom stereocenters. The van der Waals surface area contributed by atoms with E-state index < -0.39 is 0 Å². The predicted molar refractivity (Wildman–Crippen MR) is 89.2 cm³/mol. The number of rotatable bonds is 3. The predicted octanol–water partition coefficient (Wildman–Crippen LogP) is 3.82. The highest BCUT2D eigenvalue weighted by Gasteiger charge is 2.25. The van der Waals surface area contributed by atoms with Crippen LogP contribution in [-0.4, -0.2) is 35.1 Å². The zero-order chi connectivity index (χ0) is 15.9. The number of aromatic nitrogens is 2. The average Bonchev–Trinajstić information content (AvgIpc) is 3.05. The second-order valence-corrected chi connectivity index (χ2v) is 7.04. The van der Waals surface area contributed by atoms with Gasteiger partial charge in [-0.05, 0) is 50.8 Å². The molecule has 5 nitrogen and oxygen atoms in total. The molecule has 0 radical (unpaired) electrons. The van der Waals surface area contributed by atoms with Gasteiger partial charge in [-0.15, -0.1) is 11.3 Å². The third kappa shape index (κ3) is 2.77. The normalized spacial score (nSPS) is 15.0. The second-order valence-electron chi connectivity index (χ2n) is 5.70. The van der Waals surface area contributed by atoms with Crippen LogP contribution in [0.5, 0.6) is 0 Å². The minimum Gasteiger partial charge on any atom is -0.459 e. The lowest BCUT2D eigenvalue weighted by Crippen LogP contribution is -2.19. The van der Waals surface area contributed by atoms with Crippen molar-refractivity contribution in [3.05, 3.63) is 15.7 Å². The van der Waals surface area contributed by atoms with E-state index >= 15 is 0 Å². The number of carbonyl (C=O) groups is 1. The Balaban J connectivity index is 2.12. The van der Waals surface area contributed by atoms with Gasteiger partial charge >= 0.3 is 5.97 Å². The molecular formula is C15H18ClN3O2S. The van der Waals surface area contributed by atoms with Crippen molar-refractivity contribution in [1.29, 1.82) is 0 Å². The number of aryl methyl sites for hydroxylation is 1. The molecule has 2 aromatic heterocycles. The van der Waals surface area contributed by atoms with E-state index in [1.807, 2.05) is 20.8 Å². The van der Waals surface area contributed by atoms with E-state index in [9.17, 15) is 4.79 Å². The molecule has 0 saturated carbocycles. The minimum atomic E-state index is -0.306. The van der Waals surface area contributed by atoms with E-state index in [0.29, 0.717) is 4.88 Å². The summed E-state index contributed by atoms with van der Waals surface area (Å²) in [7, 11) is 0. The minimum absolute atomic E-state index is 0.148. The highest BCUT2D eigenvalue weighted by atomic mass is 35.5. The van der Waals surface area contributed by atoms with E-state index in [2.05, 4.69) is 14.9 Å². The first-order chi connectivity index (χ1) is 10.5. The maximum absolute atomic E-state index is 12.3. The van der Waals surface area contributed by atoms with Crippen molar-refractivity contribution < 1.29 is 9.53 Å². The van der Waals surface area contributed by atoms with Crippen molar-refractivity contribution >= 4 is 44.9 Å². The number of thiophene rings is 1. The van der Waals surface area contributed by atoms with Gasteiger partial charge in [0, 0.05) is 13.1 Å². The molecule has 1 fully saturated rings. The summed E-state index contributed by atoms with van der Waals surface area (Å²) < 4.78 is 5.32. The number of halogens is 1. The van der Waals surface area contributed by atoms with Crippen molar-refractivity contribution in [1.82, 2.24) is 9.97 Å². The van der Waals surface area contributed by atoms with Crippen molar-refractivity contribution in [2.45, 2.75) is 39.7 Å². The summed E-state index contributed by atoms with van der Waals surface area (Å²) in [4.78, 5) is 24.5. The number of fused-ring (bicyclic) bond motifs is 1. The Morgan fingerprint density at radius 3 is 2.64 bits per heavy atom. The Morgan fingerprint density at radius 2 is 2.00 bits per heavy atom. The first-order valence-electron chi connectivity index (χ1n) is 7.40. The molecule has 1 aliphatic rings. The molecule has 0 spiro atoms. The van der Waals surface area contributed by atoms with Crippen molar-refractivity contribution in [3.63, 3.8) is 0 Å². The molecule has 3 rings (SSSR count). The van der Waals surface area contributed by atoms with Gasteiger partial charge in [0.05, 0.1) is 11.5 Å². The fourth-order valence-electron chi connectivity index (χ4n) is 2.71. The number of hydrogen-bond donors (Lipinski definition) is 0. The van der Waals surface area contributed by atoms with Gasteiger partial charge in [-0.2, -0.15) is 4.98 Å². The number of anilines is 1. The van der Waals surface area contributed by atoms with Crippen molar-refractivity contribution in [3.8, 4) is 0 Å². The van der Waals surface area contributed by atoms with Gasteiger partial charge in [0.1, 0.15) is 15.5 Å². The standard InChI is InChI=1S/C15H18ClN3O2S/c1-8(2)21-14(20)11-9(3)10-12(19-6-4-5-7-19)17-15(16)18-13(10)22-11/h8H,4-7H2,1-3H3. The van der Waals surface area contributed by atoms with Crippen LogP contribution < -0.4 is 4.90 Å². The van der Waals surface area contributed by atoms with Crippen molar-refractivity contribution in [2.24, 2.45) is 0 Å². The molecule has 7 heteroatoms. The molecule has 1 aliphatic heterocycles. The Labute approximate surface area is 138 Å². The highest BCUT2D eigenvalue weighted by Crippen LogP contribution is 2.37. The molecule has 22 heavy (non-hydrogen) atoms. The van der Waals surface area contributed by atoms with Crippen LogP contribution in [0.3, 0.4) is 0 Å². The van der Waals surface area contributed by atoms with E-state index in [1.54, 1.807) is 0 Å². The Bertz CT molecular complexity index is 723. The number of hydrogen-bond acceptors (Lipinski definition) is 6. The molecule has 0 unspecified atom stereocenters. The molecule has 2 aromatic rings. The van der Waals surface area contributed by atoms with Crippen LogP contribution in [0, 0.1) is 6.92 Å². The zero-order valence-corrected chi connectivity index (χ0v) is 14.4. The van der Waals surface area contributed by atoms with Crippen molar-refractivity contribution in [2.75, 3.05) is 18.0 Å².